The van der Waals surface area contributed by atoms with E-state index in [1.807, 2.05) is 18.2 Å². The van der Waals surface area contributed by atoms with Crippen molar-refractivity contribution < 1.29 is 8.54 Å². The molecule has 0 atom stereocenters. The van der Waals surface area contributed by atoms with E-state index in [0.717, 1.165) is 10.5 Å². The molecule has 0 aliphatic rings. The van der Waals surface area contributed by atoms with Gasteiger partial charge in [-0.3, -0.25) is 0 Å². The number of hydrogen-bond acceptors (Lipinski definition) is 2. The number of hydrogen-bond donors (Lipinski definition) is 0. The average Bonchev–Trinajstić information content (AvgIpc) is 2.07. The summed E-state index contributed by atoms with van der Waals surface area (Å²) in [7, 11) is 0.142. The van der Waals surface area contributed by atoms with Crippen LogP contribution in [0.15, 0.2) is 30.3 Å². The molecule has 0 unspecified atom stereocenters. The molecule has 0 bridgehead atoms. The Balaban J connectivity index is 2.28. The van der Waals surface area contributed by atoms with Crippen molar-refractivity contribution in [3.63, 3.8) is 0 Å². The predicted octanol–water partition coefficient (Wildman–Crippen LogP) is -0.501. The molecule has 0 fully saturated rings. The molecule has 0 N–H and O–H groups in total. The summed E-state index contributed by atoms with van der Waals surface area (Å²) in [6.07, 6.45) is 0. The molecule has 0 amide bonds. The Labute approximate surface area is 72.1 Å². The first kappa shape index (κ1) is 8.67. The highest BCUT2D eigenvalue weighted by atomic mass is 28.3. The lowest BCUT2D eigenvalue weighted by Gasteiger charge is -2.01. The van der Waals surface area contributed by atoms with Crippen LogP contribution in [0.3, 0.4) is 0 Å². The van der Waals surface area contributed by atoms with Crippen molar-refractivity contribution in [3.8, 4) is 0 Å². The van der Waals surface area contributed by atoms with Gasteiger partial charge in [0.25, 0.3) is 10.0 Å². The highest BCUT2D eigenvalue weighted by molar-refractivity contribution is 6.27. The van der Waals surface area contributed by atoms with E-state index in [2.05, 4.69) is 12.1 Å². The Bertz CT molecular complexity index is 191. The van der Waals surface area contributed by atoms with E-state index in [0.29, 0.717) is 6.61 Å². The lowest BCUT2D eigenvalue weighted by atomic mass is 10.2. The topological polar surface area (TPSA) is 18.5 Å². The maximum atomic E-state index is 5.32. The van der Waals surface area contributed by atoms with Crippen LogP contribution < -0.4 is 0 Å². The van der Waals surface area contributed by atoms with Crippen molar-refractivity contribution in [1.82, 2.24) is 0 Å². The third-order valence-corrected chi connectivity index (χ3v) is 2.63. The molecule has 4 heteroatoms. The van der Waals surface area contributed by atoms with Crippen LogP contribution >= 0.6 is 0 Å². The molecule has 2 nitrogen and oxygen atoms in total. The Hall–Kier alpha value is -0.426. The van der Waals surface area contributed by atoms with Crippen LogP contribution in [0.1, 0.15) is 5.56 Å². The van der Waals surface area contributed by atoms with E-state index in [4.69, 9.17) is 8.54 Å². The first-order chi connectivity index (χ1) is 5.43. The van der Waals surface area contributed by atoms with E-state index in [1.165, 1.54) is 5.56 Å². The molecule has 1 aromatic rings. The Morgan fingerprint density at radius 1 is 1.27 bits per heavy atom. The second-order valence-corrected chi connectivity index (χ2v) is 5.19. The van der Waals surface area contributed by atoms with Crippen molar-refractivity contribution in [2.24, 2.45) is 0 Å². The molecule has 0 aromatic heterocycles. The highest BCUT2D eigenvalue weighted by Gasteiger charge is 1.89. The minimum absolute atomic E-state index is 0.660. The van der Waals surface area contributed by atoms with E-state index in [1.54, 1.807) is 0 Å². The van der Waals surface area contributed by atoms with Crippen molar-refractivity contribution in [2.45, 2.75) is 6.61 Å². The Morgan fingerprint density at radius 2 is 2.00 bits per heavy atom. The van der Waals surface area contributed by atoms with Crippen LogP contribution in [0.2, 0.25) is 0 Å². The summed E-state index contributed by atoms with van der Waals surface area (Å²) >= 11 is 0. The van der Waals surface area contributed by atoms with Crippen LogP contribution in [-0.4, -0.2) is 20.5 Å². The molecule has 0 aliphatic carbocycles. The number of rotatable bonds is 4. The summed E-state index contributed by atoms with van der Waals surface area (Å²) in [4.78, 5) is 0. The summed E-state index contributed by atoms with van der Waals surface area (Å²) in [5.41, 5.74) is 1.22. The minimum Gasteiger partial charge on any atom is -0.449 e. The van der Waals surface area contributed by atoms with Gasteiger partial charge in [0.05, 0.1) is 6.61 Å². The SMILES string of the molecule is [SiH3]O[SiH2]OCc1ccccc1. The van der Waals surface area contributed by atoms with Gasteiger partial charge in [0, 0.05) is 0 Å². The molecule has 11 heavy (non-hydrogen) atoms. The van der Waals surface area contributed by atoms with E-state index >= 15 is 0 Å². The normalized spacial score (nSPS) is 11.3. The van der Waals surface area contributed by atoms with E-state index < -0.39 is 10.0 Å². The molecule has 1 aromatic carbocycles. The molecule has 0 aliphatic heterocycles. The molecule has 0 saturated carbocycles. The van der Waals surface area contributed by atoms with Crippen molar-refractivity contribution in [2.75, 3.05) is 0 Å². The van der Waals surface area contributed by atoms with Gasteiger partial charge in [0.15, 0.2) is 0 Å². The van der Waals surface area contributed by atoms with Gasteiger partial charge < -0.3 is 8.54 Å². The summed E-state index contributed by atoms with van der Waals surface area (Å²) in [5, 5.41) is 0. The molecule has 0 radical (unpaired) electrons. The van der Waals surface area contributed by atoms with Crippen molar-refractivity contribution >= 4 is 20.5 Å². The molecule has 0 saturated heterocycles. The molecular formula is C7H12O2Si2. The summed E-state index contributed by atoms with van der Waals surface area (Å²) in [6, 6.07) is 10.1. The lowest BCUT2D eigenvalue weighted by molar-refractivity contribution is 0.283. The van der Waals surface area contributed by atoms with Gasteiger partial charge in [0.2, 0.25) is 0 Å². The second-order valence-electron chi connectivity index (χ2n) is 2.24. The third-order valence-electron chi connectivity index (χ3n) is 1.31. The fraction of sp³-hybridized carbons (Fsp3) is 0.143. The van der Waals surface area contributed by atoms with Crippen LogP contribution in [0, 0.1) is 0 Å². The van der Waals surface area contributed by atoms with E-state index in [9.17, 15) is 0 Å². The zero-order valence-electron chi connectivity index (χ0n) is 6.62. The van der Waals surface area contributed by atoms with Crippen LogP contribution in [-0.2, 0) is 15.1 Å². The molecular weight excluding hydrogens is 172 g/mol. The molecule has 1 rings (SSSR count). The summed E-state index contributed by atoms with van der Waals surface area (Å²) in [5.74, 6) is 0. The number of benzene rings is 1. The fourth-order valence-corrected chi connectivity index (χ4v) is 1.80. The van der Waals surface area contributed by atoms with Gasteiger partial charge in [-0.1, -0.05) is 30.3 Å². The van der Waals surface area contributed by atoms with Crippen LogP contribution in [0.4, 0.5) is 0 Å². The van der Waals surface area contributed by atoms with Gasteiger partial charge in [0.1, 0.15) is 10.5 Å². The standard InChI is InChI=1S/C7H12O2Si2/c10-9-11-8-6-7-4-2-1-3-5-7/h1-5H,6,11H2,10H3. The smallest absolute Gasteiger partial charge is 0.293 e. The quantitative estimate of drug-likeness (QED) is 0.464. The van der Waals surface area contributed by atoms with E-state index in [-0.39, 0.29) is 0 Å². The lowest BCUT2D eigenvalue weighted by Crippen LogP contribution is -2.01. The van der Waals surface area contributed by atoms with Crippen LogP contribution in [0.5, 0.6) is 0 Å². The predicted molar refractivity (Wildman–Crippen MR) is 50.8 cm³/mol. The first-order valence-corrected chi connectivity index (χ1v) is 5.51. The largest absolute Gasteiger partial charge is 0.449 e. The van der Waals surface area contributed by atoms with Crippen molar-refractivity contribution in [3.05, 3.63) is 35.9 Å². The monoisotopic (exact) mass is 184 g/mol. The average molecular weight is 184 g/mol. The van der Waals surface area contributed by atoms with Gasteiger partial charge in [-0.05, 0) is 5.56 Å². The molecule has 60 valence electrons. The summed E-state index contributed by atoms with van der Waals surface area (Å²) in [6.45, 7) is 0.704. The Kier molecular flexibility index (Phi) is 4.14. The van der Waals surface area contributed by atoms with Crippen molar-refractivity contribution in [1.29, 1.82) is 0 Å². The second kappa shape index (κ2) is 5.25. The van der Waals surface area contributed by atoms with Gasteiger partial charge in [-0.2, -0.15) is 0 Å². The summed E-state index contributed by atoms with van der Waals surface area (Å²) < 4.78 is 10.3. The third kappa shape index (κ3) is 3.47. The fourth-order valence-electron chi connectivity index (χ4n) is 0.817. The maximum Gasteiger partial charge on any atom is 0.293 e. The van der Waals surface area contributed by atoms with Gasteiger partial charge >= 0.3 is 0 Å². The Morgan fingerprint density at radius 3 is 2.64 bits per heavy atom. The van der Waals surface area contributed by atoms with Gasteiger partial charge in [-0.25, -0.2) is 0 Å². The molecule has 0 heterocycles. The minimum atomic E-state index is -0.660. The van der Waals surface area contributed by atoms with Gasteiger partial charge in [-0.15, -0.1) is 0 Å². The molecule has 0 spiro atoms. The zero-order valence-corrected chi connectivity index (χ0v) is 10.0. The van der Waals surface area contributed by atoms with Crippen LogP contribution in [0.25, 0.3) is 0 Å². The zero-order chi connectivity index (χ0) is 7.94. The maximum absolute atomic E-state index is 5.32. The first-order valence-electron chi connectivity index (χ1n) is 3.54. The highest BCUT2D eigenvalue weighted by Crippen LogP contribution is 1.98.